The van der Waals surface area contributed by atoms with Crippen molar-refractivity contribution >= 4 is 34.9 Å². The number of ether oxygens (including phenoxy) is 4. The summed E-state index contributed by atoms with van der Waals surface area (Å²) in [6, 6.07) is 15.1. The lowest BCUT2D eigenvalue weighted by Gasteiger charge is -2.13. The van der Waals surface area contributed by atoms with E-state index in [1.165, 1.54) is 31.4 Å². The van der Waals surface area contributed by atoms with Crippen LogP contribution in [0, 0.1) is 10.1 Å². The predicted molar refractivity (Wildman–Crippen MR) is 114 cm³/mol. The Bertz CT molecular complexity index is 1120. The molecule has 10 heteroatoms. The molecule has 0 saturated carbocycles. The first kappa shape index (κ1) is 22.2. The molecule has 0 aliphatic heterocycles. The zero-order valence-electron chi connectivity index (χ0n) is 16.0. The van der Waals surface area contributed by atoms with Crippen LogP contribution in [0.15, 0.2) is 60.7 Å². The van der Waals surface area contributed by atoms with E-state index in [0.717, 1.165) is 0 Å². The Morgan fingerprint density at radius 2 is 1.68 bits per heavy atom. The van der Waals surface area contributed by atoms with Crippen molar-refractivity contribution in [1.29, 1.82) is 0 Å². The standard InChI is InChI=1S/C21H15Cl2NO7/c1-28-21(25)12-29-18-4-2-3-5-19(18)31-20-11-14(7-8-16(20)24(26)27)30-17-9-6-13(22)10-15(17)23/h2-11H,12H2,1H3. The van der Waals surface area contributed by atoms with Gasteiger partial charge in [-0.1, -0.05) is 35.3 Å². The Balaban J connectivity index is 1.90. The Morgan fingerprint density at radius 3 is 2.35 bits per heavy atom. The van der Waals surface area contributed by atoms with Gasteiger partial charge >= 0.3 is 11.7 Å². The summed E-state index contributed by atoms with van der Waals surface area (Å²) in [6.07, 6.45) is 0. The molecule has 0 aliphatic rings. The van der Waals surface area contributed by atoms with E-state index in [9.17, 15) is 14.9 Å². The second kappa shape index (κ2) is 10.0. The third-order valence-corrected chi connectivity index (χ3v) is 4.42. The van der Waals surface area contributed by atoms with Gasteiger partial charge in [-0.3, -0.25) is 10.1 Å². The lowest BCUT2D eigenvalue weighted by Crippen LogP contribution is -2.12. The van der Waals surface area contributed by atoms with E-state index >= 15 is 0 Å². The highest BCUT2D eigenvalue weighted by molar-refractivity contribution is 6.35. The first-order valence-corrected chi connectivity index (χ1v) is 9.51. The molecule has 0 saturated heterocycles. The van der Waals surface area contributed by atoms with E-state index < -0.39 is 10.9 Å². The number of esters is 1. The molecule has 0 unspecified atom stereocenters. The lowest BCUT2D eigenvalue weighted by molar-refractivity contribution is -0.385. The summed E-state index contributed by atoms with van der Waals surface area (Å²) in [5.74, 6) is 0.244. The first-order valence-electron chi connectivity index (χ1n) is 8.75. The van der Waals surface area contributed by atoms with Gasteiger partial charge in [0.05, 0.1) is 17.1 Å². The number of para-hydroxylation sites is 2. The molecule has 160 valence electrons. The van der Waals surface area contributed by atoms with Crippen molar-refractivity contribution in [3.63, 3.8) is 0 Å². The van der Waals surface area contributed by atoms with Gasteiger partial charge < -0.3 is 18.9 Å². The molecule has 0 aromatic heterocycles. The Kier molecular flexibility index (Phi) is 7.17. The molecule has 0 heterocycles. The van der Waals surface area contributed by atoms with Gasteiger partial charge in [0.2, 0.25) is 5.75 Å². The van der Waals surface area contributed by atoms with Gasteiger partial charge in [-0.05, 0) is 36.4 Å². The fourth-order valence-electron chi connectivity index (χ4n) is 2.44. The number of hydrogen-bond donors (Lipinski definition) is 0. The van der Waals surface area contributed by atoms with Gasteiger partial charge in [-0.15, -0.1) is 0 Å². The van der Waals surface area contributed by atoms with Crippen molar-refractivity contribution in [3.05, 3.63) is 80.8 Å². The molecule has 0 bridgehead atoms. The summed E-state index contributed by atoms with van der Waals surface area (Å²) in [7, 11) is 1.23. The average Bonchev–Trinajstić information content (AvgIpc) is 2.75. The summed E-state index contributed by atoms with van der Waals surface area (Å²) in [5, 5.41) is 12.2. The van der Waals surface area contributed by atoms with Gasteiger partial charge in [0.1, 0.15) is 11.5 Å². The number of nitro benzene ring substituents is 1. The lowest BCUT2D eigenvalue weighted by atomic mass is 10.2. The maximum absolute atomic E-state index is 11.5. The minimum absolute atomic E-state index is 0.0956. The minimum atomic E-state index is -0.591. The Hall–Kier alpha value is -3.49. The summed E-state index contributed by atoms with van der Waals surface area (Å²) in [5.41, 5.74) is -0.294. The van der Waals surface area contributed by atoms with Crippen LogP contribution < -0.4 is 14.2 Å². The van der Waals surface area contributed by atoms with Gasteiger partial charge in [0, 0.05) is 17.2 Å². The van der Waals surface area contributed by atoms with Crippen molar-refractivity contribution in [3.8, 4) is 28.7 Å². The smallest absolute Gasteiger partial charge is 0.343 e. The molecule has 0 amide bonds. The highest BCUT2D eigenvalue weighted by atomic mass is 35.5. The first-order chi connectivity index (χ1) is 14.9. The quantitative estimate of drug-likeness (QED) is 0.228. The van der Waals surface area contributed by atoms with Crippen LogP contribution in [0.4, 0.5) is 5.69 Å². The van der Waals surface area contributed by atoms with Crippen molar-refractivity contribution < 1.29 is 28.7 Å². The molecule has 0 fully saturated rings. The monoisotopic (exact) mass is 463 g/mol. The zero-order chi connectivity index (χ0) is 22.4. The van der Waals surface area contributed by atoms with Crippen LogP contribution in [-0.4, -0.2) is 24.6 Å². The molecular formula is C21H15Cl2NO7. The van der Waals surface area contributed by atoms with Crippen LogP contribution in [0.5, 0.6) is 28.7 Å². The summed E-state index contributed by atoms with van der Waals surface area (Å²) < 4.78 is 21.4. The van der Waals surface area contributed by atoms with Gasteiger partial charge in [0.25, 0.3) is 0 Å². The van der Waals surface area contributed by atoms with Crippen LogP contribution in [0.25, 0.3) is 0 Å². The van der Waals surface area contributed by atoms with E-state index in [-0.39, 0.29) is 40.3 Å². The van der Waals surface area contributed by atoms with Crippen LogP contribution >= 0.6 is 23.2 Å². The number of benzene rings is 3. The molecular weight excluding hydrogens is 449 g/mol. The van der Waals surface area contributed by atoms with Gasteiger partial charge in [0.15, 0.2) is 18.1 Å². The van der Waals surface area contributed by atoms with Crippen LogP contribution in [0.3, 0.4) is 0 Å². The maximum atomic E-state index is 11.5. The average molecular weight is 464 g/mol. The van der Waals surface area contributed by atoms with Crippen molar-refractivity contribution in [2.24, 2.45) is 0 Å². The third kappa shape index (κ3) is 5.78. The number of nitrogens with zero attached hydrogens (tertiary/aromatic N) is 1. The Morgan fingerprint density at radius 1 is 0.935 bits per heavy atom. The zero-order valence-corrected chi connectivity index (χ0v) is 17.6. The highest BCUT2D eigenvalue weighted by Gasteiger charge is 2.19. The van der Waals surface area contributed by atoms with Crippen LogP contribution in [0.2, 0.25) is 10.0 Å². The molecule has 3 aromatic carbocycles. The van der Waals surface area contributed by atoms with Crippen molar-refractivity contribution in [1.82, 2.24) is 0 Å². The second-order valence-electron chi connectivity index (χ2n) is 5.98. The maximum Gasteiger partial charge on any atom is 0.343 e. The molecule has 8 nitrogen and oxygen atoms in total. The Labute approximate surface area is 187 Å². The fourth-order valence-corrected chi connectivity index (χ4v) is 2.89. The number of carbonyl (C=O) groups is 1. The molecule has 0 aliphatic carbocycles. The van der Waals surface area contributed by atoms with E-state index in [1.54, 1.807) is 36.4 Å². The second-order valence-corrected chi connectivity index (χ2v) is 6.82. The summed E-state index contributed by atoms with van der Waals surface area (Å²) in [4.78, 5) is 22.2. The molecule has 0 radical (unpaired) electrons. The van der Waals surface area contributed by atoms with E-state index in [1.807, 2.05) is 0 Å². The number of rotatable bonds is 8. The highest BCUT2D eigenvalue weighted by Crippen LogP contribution is 2.40. The minimum Gasteiger partial charge on any atom is -0.478 e. The molecule has 0 atom stereocenters. The van der Waals surface area contributed by atoms with E-state index in [4.69, 9.17) is 37.4 Å². The fraction of sp³-hybridized carbons (Fsp3) is 0.0952. The topological polar surface area (TPSA) is 97.1 Å². The molecule has 0 spiro atoms. The van der Waals surface area contributed by atoms with Gasteiger partial charge in [-0.25, -0.2) is 4.79 Å². The molecule has 31 heavy (non-hydrogen) atoms. The largest absolute Gasteiger partial charge is 0.478 e. The number of methoxy groups -OCH3 is 1. The third-order valence-electron chi connectivity index (χ3n) is 3.89. The number of carbonyl (C=O) groups excluding carboxylic acids is 1. The van der Waals surface area contributed by atoms with Crippen LogP contribution in [-0.2, 0) is 9.53 Å². The summed E-state index contributed by atoms with van der Waals surface area (Å²) in [6.45, 7) is -0.350. The van der Waals surface area contributed by atoms with Crippen molar-refractivity contribution in [2.75, 3.05) is 13.7 Å². The SMILES string of the molecule is COC(=O)COc1ccccc1Oc1cc(Oc2ccc(Cl)cc2Cl)ccc1[N+](=O)[O-]. The normalized spacial score (nSPS) is 10.3. The molecule has 0 N–H and O–H groups in total. The van der Waals surface area contributed by atoms with E-state index in [2.05, 4.69) is 4.74 Å². The van der Waals surface area contributed by atoms with E-state index in [0.29, 0.717) is 10.8 Å². The van der Waals surface area contributed by atoms with Gasteiger partial charge in [-0.2, -0.15) is 0 Å². The molecule has 3 aromatic rings. The van der Waals surface area contributed by atoms with Crippen LogP contribution in [0.1, 0.15) is 0 Å². The number of halogens is 2. The molecule has 3 rings (SSSR count). The number of hydrogen-bond acceptors (Lipinski definition) is 7. The number of nitro groups is 1. The summed E-state index contributed by atoms with van der Waals surface area (Å²) >= 11 is 12.0. The predicted octanol–water partition coefficient (Wildman–Crippen LogP) is 6.04. The van der Waals surface area contributed by atoms with Crippen molar-refractivity contribution in [2.45, 2.75) is 0 Å².